The lowest BCUT2D eigenvalue weighted by Crippen LogP contribution is -2.34. The molecule has 0 unspecified atom stereocenters. The van der Waals surface area contributed by atoms with Crippen molar-refractivity contribution in [3.8, 4) is 0 Å². The van der Waals surface area contributed by atoms with Crippen molar-refractivity contribution in [3.63, 3.8) is 0 Å². The van der Waals surface area contributed by atoms with Gasteiger partial charge in [0, 0.05) is 12.6 Å². The largest absolute Gasteiger partial charge is 0.364 e. The third kappa shape index (κ3) is 3.32. The number of hydrogen-bond acceptors (Lipinski definition) is 4. The Bertz CT molecular complexity index is 278. The van der Waals surface area contributed by atoms with Crippen LogP contribution in [0.1, 0.15) is 25.0 Å². The molecule has 0 aromatic carbocycles. The van der Waals surface area contributed by atoms with Crippen molar-refractivity contribution >= 4 is 0 Å². The molecule has 4 nitrogen and oxygen atoms in total. The van der Waals surface area contributed by atoms with Crippen LogP contribution in [0.5, 0.6) is 0 Å². The molecule has 2 heterocycles. The smallest absolute Gasteiger partial charge is 0.124 e. The summed E-state index contributed by atoms with van der Waals surface area (Å²) < 4.78 is 4.85. The lowest BCUT2D eigenvalue weighted by atomic mass is 9.93. The Morgan fingerprint density at radius 3 is 2.94 bits per heavy atom. The van der Waals surface area contributed by atoms with Gasteiger partial charge < -0.3 is 9.84 Å². The number of nitrogens with one attached hydrogen (secondary N) is 1. The highest BCUT2D eigenvalue weighted by Crippen LogP contribution is 2.20. The third-order valence-corrected chi connectivity index (χ3v) is 3.39. The number of aromatic nitrogens is 1. The molecule has 0 radical (unpaired) electrons. The summed E-state index contributed by atoms with van der Waals surface area (Å²) in [6.45, 7) is 4.48. The predicted octanol–water partition coefficient (Wildman–Crippen LogP) is 1.50. The van der Waals surface area contributed by atoms with E-state index in [0.29, 0.717) is 0 Å². The monoisotopic (exact) mass is 223 g/mol. The van der Waals surface area contributed by atoms with Crippen LogP contribution in [0.25, 0.3) is 0 Å². The van der Waals surface area contributed by atoms with E-state index in [1.807, 2.05) is 13.1 Å². The molecular formula is C12H21N3O. The zero-order valence-electron chi connectivity index (χ0n) is 9.98. The zero-order valence-corrected chi connectivity index (χ0v) is 9.98. The van der Waals surface area contributed by atoms with Gasteiger partial charge in [-0.2, -0.15) is 0 Å². The quantitative estimate of drug-likeness (QED) is 0.821. The maximum absolute atomic E-state index is 4.85. The Morgan fingerprint density at radius 1 is 1.50 bits per heavy atom. The van der Waals surface area contributed by atoms with Crippen molar-refractivity contribution in [2.24, 2.45) is 5.92 Å². The fraction of sp³-hybridized carbons (Fsp3) is 0.750. The minimum absolute atomic E-state index is 0.904. The fourth-order valence-corrected chi connectivity index (χ4v) is 2.33. The molecule has 4 heteroatoms. The normalized spacial score (nSPS) is 19.1. The Hall–Kier alpha value is -0.870. The van der Waals surface area contributed by atoms with Gasteiger partial charge in [0.05, 0.1) is 5.69 Å². The minimum Gasteiger partial charge on any atom is -0.364 e. The Balaban J connectivity index is 1.69. The van der Waals surface area contributed by atoms with Crippen LogP contribution in [0, 0.1) is 5.92 Å². The van der Waals surface area contributed by atoms with Crippen LogP contribution in [0.4, 0.5) is 0 Å². The molecule has 1 saturated heterocycles. The molecule has 2 rings (SSSR count). The van der Waals surface area contributed by atoms with E-state index in [9.17, 15) is 0 Å². The zero-order chi connectivity index (χ0) is 11.2. The molecule has 0 amide bonds. The maximum atomic E-state index is 4.85. The van der Waals surface area contributed by atoms with Crippen molar-refractivity contribution in [1.82, 2.24) is 15.4 Å². The molecule has 1 fully saturated rings. The number of piperidine rings is 1. The van der Waals surface area contributed by atoms with Gasteiger partial charge in [0.15, 0.2) is 0 Å². The lowest BCUT2D eigenvalue weighted by molar-refractivity contribution is 0.169. The van der Waals surface area contributed by atoms with Gasteiger partial charge in [-0.05, 0) is 51.9 Å². The molecule has 0 saturated carbocycles. The van der Waals surface area contributed by atoms with E-state index < -0.39 is 0 Å². The molecule has 1 aliphatic heterocycles. The maximum Gasteiger partial charge on any atom is 0.124 e. The van der Waals surface area contributed by atoms with Crippen LogP contribution in [-0.2, 0) is 6.54 Å². The summed E-state index contributed by atoms with van der Waals surface area (Å²) in [5.41, 5.74) is 1.05. The second-order valence-corrected chi connectivity index (χ2v) is 4.60. The van der Waals surface area contributed by atoms with Crippen molar-refractivity contribution in [2.45, 2.75) is 25.8 Å². The van der Waals surface area contributed by atoms with E-state index in [4.69, 9.17) is 4.52 Å². The van der Waals surface area contributed by atoms with Crippen LogP contribution < -0.4 is 5.32 Å². The van der Waals surface area contributed by atoms with Gasteiger partial charge in [0.25, 0.3) is 0 Å². The highest BCUT2D eigenvalue weighted by Gasteiger charge is 2.19. The summed E-state index contributed by atoms with van der Waals surface area (Å²) in [6, 6.07) is 1.95. The van der Waals surface area contributed by atoms with E-state index >= 15 is 0 Å². The molecule has 1 N–H and O–H groups in total. The summed E-state index contributed by atoms with van der Waals surface area (Å²) in [6.07, 6.45) is 5.60. The van der Waals surface area contributed by atoms with Crippen molar-refractivity contribution in [3.05, 3.63) is 18.0 Å². The first kappa shape index (κ1) is 11.6. The summed E-state index contributed by atoms with van der Waals surface area (Å²) in [5, 5.41) is 7.18. The molecule has 90 valence electrons. The number of nitrogens with zero attached hydrogens (tertiary/aromatic N) is 2. The van der Waals surface area contributed by atoms with Crippen LogP contribution in [0.15, 0.2) is 16.9 Å². The third-order valence-electron chi connectivity index (χ3n) is 3.39. The topological polar surface area (TPSA) is 41.3 Å². The predicted molar refractivity (Wildman–Crippen MR) is 63.0 cm³/mol. The first-order valence-corrected chi connectivity index (χ1v) is 6.14. The Labute approximate surface area is 97.0 Å². The Morgan fingerprint density at radius 2 is 2.31 bits per heavy atom. The number of likely N-dealkylation sites (tertiary alicyclic amines) is 1. The van der Waals surface area contributed by atoms with Crippen molar-refractivity contribution < 1.29 is 4.52 Å². The molecule has 1 aromatic rings. The second-order valence-electron chi connectivity index (χ2n) is 4.60. The van der Waals surface area contributed by atoms with Gasteiger partial charge in [-0.3, -0.25) is 4.90 Å². The van der Waals surface area contributed by atoms with Crippen LogP contribution in [0.3, 0.4) is 0 Å². The molecule has 16 heavy (non-hydrogen) atoms. The van der Waals surface area contributed by atoms with Gasteiger partial charge in [-0.25, -0.2) is 0 Å². The van der Waals surface area contributed by atoms with Crippen LogP contribution in [-0.4, -0.2) is 36.7 Å². The molecule has 0 spiro atoms. The van der Waals surface area contributed by atoms with E-state index in [0.717, 1.165) is 24.7 Å². The van der Waals surface area contributed by atoms with E-state index in [2.05, 4.69) is 15.4 Å². The second kappa shape index (κ2) is 6.01. The molecule has 0 aliphatic carbocycles. The highest BCUT2D eigenvalue weighted by atomic mass is 16.5. The summed E-state index contributed by atoms with van der Waals surface area (Å²) in [5.74, 6) is 0.904. The van der Waals surface area contributed by atoms with E-state index in [1.165, 1.54) is 32.4 Å². The summed E-state index contributed by atoms with van der Waals surface area (Å²) in [4.78, 5) is 2.47. The molecule has 0 atom stereocenters. The highest BCUT2D eigenvalue weighted by molar-refractivity contribution is 4.95. The van der Waals surface area contributed by atoms with E-state index in [-0.39, 0.29) is 0 Å². The average Bonchev–Trinajstić information content (AvgIpc) is 2.81. The molecular weight excluding hydrogens is 202 g/mol. The number of rotatable bonds is 5. The van der Waals surface area contributed by atoms with Gasteiger partial charge in [0.2, 0.25) is 0 Å². The summed E-state index contributed by atoms with van der Waals surface area (Å²) in [7, 11) is 2.03. The van der Waals surface area contributed by atoms with Crippen LogP contribution >= 0.6 is 0 Å². The first-order chi connectivity index (χ1) is 7.88. The van der Waals surface area contributed by atoms with Gasteiger partial charge >= 0.3 is 0 Å². The average molecular weight is 223 g/mol. The van der Waals surface area contributed by atoms with Gasteiger partial charge in [0.1, 0.15) is 6.26 Å². The van der Waals surface area contributed by atoms with Gasteiger partial charge in [-0.1, -0.05) is 5.16 Å². The van der Waals surface area contributed by atoms with Crippen molar-refractivity contribution in [2.75, 3.05) is 26.7 Å². The molecule has 0 bridgehead atoms. The Kier molecular flexibility index (Phi) is 4.36. The first-order valence-electron chi connectivity index (χ1n) is 6.14. The SMILES string of the molecule is CNCCC1CCN(Cc2ccon2)CC1. The summed E-state index contributed by atoms with van der Waals surface area (Å²) >= 11 is 0. The van der Waals surface area contributed by atoms with Crippen LogP contribution in [0.2, 0.25) is 0 Å². The van der Waals surface area contributed by atoms with Crippen molar-refractivity contribution in [1.29, 1.82) is 0 Å². The number of hydrogen-bond donors (Lipinski definition) is 1. The standard InChI is InChI=1S/C12H21N3O/c1-13-6-2-11-3-7-15(8-4-11)10-12-5-9-16-14-12/h5,9,11,13H,2-4,6-8,10H2,1H3. The van der Waals surface area contributed by atoms with Gasteiger partial charge in [-0.15, -0.1) is 0 Å². The molecule has 1 aromatic heterocycles. The molecule has 1 aliphatic rings. The minimum atomic E-state index is 0.904. The lowest BCUT2D eigenvalue weighted by Gasteiger charge is -2.31. The van der Waals surface area contributed by atoms with E-state index in [1.54, 1.807) is 6.26 Å². The fourth-order valence-electron chi connectivity index (χ4n) is 2.33.